The second kappa shape index (κ2) is 5.40. The summed E-state index contributed by atoms with van der Waals surface area (Å²) in [6.07, 6.45) is 1.12. The van der Waals surface area contributed by atoms with Gasteiger partial charge in [0.05, 0.1) is 16.0 Å². The number of halogens is 2. The first-order chi connectivity index (χ1) is 9.35. The average Bonchev–Trinajstić information content (AvgIpc) is 2.41. The molecule has 0 radical (unpaired) electrons. The maximum atomic E-state index is 13.4. The molecule has 0 aliphatic carbocycles. The number of rotatable bonds is 2. The Hall–Kier alpha value is -1.62. The zero-order valence-corrected chi connectivity index (χ0v) is 11.8. The number of hydrogen-bond acceptors (Lipinski definition) is 2. The molecule has 1 unspecified atom stereocenters. The first kappa shape index (κ1) is 14.8. The third kappa shape index (κ3) is 2.63. The minimum absolute atomic E-state index is 0.0707. The molecule has 0 spiro atoms. The molecule has 1 fully saturated rings. The monoisotopic (exact) mass is 299 g/mol. The lowest BCUT2D eigenvalue weighted by Gasteiger charge is -2.37. The summed E-state index contributed by atoms with van der Waals surface area (Å²) < 4.78 is 13.4. The van der Waals surface area contributed by atoms with Crippen molar-refractivity contribution in [2.45, 2.75) is 19.8 Å². The van der Waals surface area contributed by atoms with Crippen molar-refractivity contribution in [2.24, 2.45) is 5.41 Å². The number of carbonyl (C=O) groups is 2. The molecular formula is C14H15ClFNO3. The van der Waals surface area contributed by atoms with Crippen molar-refractivity contribution in [3.8, 4) is 0 Å². The molecule has 2 rings (SSSR count). The summed E-state index contributed by atoms with van der Waals surface area (Å²) in [5, 5.41) is 9.02. The Labute approximate surface area is 121 Å². The number of hydrogen-bond donors (Lipinski definition) is 1. The predicted octanol–water partition coefficient (Wildman–Crippen LogP) is 2.81. The van der Waals surface area contributed by atoms with Crippen LogP contribution in [0.2, 0.25) is 5.02 Å². The fourth-order valence-electron chi connectivity index (χ4n) is 2.43. The summed E-state index contributed by atoms with van der Waals surface area (Å²) in [6, 6.07) is 4.03. The minimum atomic E-state index is -0.965. The third-order valence-corrected chi connectivity index (χ3v) is 4.07. The van der Waals surface area contributed by atoms with E-state index in [-0.39, 0.29) is 17.1 Å². The smallest absolute Gasteiger partial charge is 0.311 e. The normalized spacial score (nSPS) is 22.6. The van der Waals surface area contributed by atoms with Crippen LogP contribution in [0.1, 0.15) is 30.1 Å². The Morgan fingerprint density at radius 1 is 1.45 bits per heavy atom. The van der Waals surface area contributed by atoms with Crippen LogP contribution in [0.25, 0.3) is 0 Å². The first-order valence-corrected chi connectivity index (χ1v) is 6.69. The minimum Gasteiger partial charge on any atom is -0.481 e. The van der Waals surface area contributed by atoms with E-state index in [0.717, 1.165) is 0 Å². The molecule has 108 valence electrons. The summed E-state index contributed by atoms with van der Waals surface area (Å²) in [5.74, 6) is -2.02. The summed E-state index contributed by atoms with van der Waals surface area (Å²) in [7, 11) is 0. The molecule has 1 aromatic rings. The van der Waals surface area contributed by atoms with Gasteiger partial charge in [0, 0.05) is 13.1 Å². The Balaban J connectivity index is 2.25. The molecule has 1 heterocycles. The van der Waals surface area contributed by atoms with E-state index in [2.05, 4.69) is 0 Å². The lowest BCUT2D eigenvalue weighted by molar-refractivity contribution is -0.150. The largest absolute Gasteiger partial charge is 0.481 e. The Morgan fingerprint density at radius 3 is 2.80 bits per heavy atom. The lowest BCUT2D eigenvalue weighted by Crippen LogP contribution is -2.48. The number of piperidine rings is 1. The van der Waals surface area contributed by atoms with Crippen LogP contribution in [0.5, 0.6) is 0 Å². The molecule has 1 aliphatic heterocycles. The van der Waals surface area contributed by atoms with Crippen molar-refractivity contribution in [1.29, 1.82) is 0 Å². The first-order valence-electron chi connectivity index (χ1n) is 6.32. The van der Waals surface area contributed by atoms with Gasteiger partial charge in [0.15, 0.2) is 0 Å². The maximum absolute atomic E-state index is 13.4. The van der Waals surface area contributed by atoms with Crippen molar-refractivity contribution in [3.63, 3.8) is 0 Å². The lowest BCUT2D eigenvalue weighted by atomic mass is 9.82. The topological polar surface area (TPSA) is 57.6 Å². The van der Waals surface area contributed by atoms with Gasteiger partial charge < -0.3 is 10.0 Å². The van der Waals surface area contributed by atoms with Crippen molar-refractivity contribution in [2.75, 3.05) is 13.1 Å². The van der Waals surface area contributed by atoms with Crippen LogP contribution in [0.4, 0.5) is 4.39 Å². The van der Waals surface area contributed by atoms with Crippen LogP contribution in [0.15, 0.2) is 18.2 Å². The average molecular weight is 300 g/mol. The number of benzene rings is 1. The van der Waals surface area contributed by atoms with Crippen LogP contribution in [-0.2, 0) is 4.79 Å². The number of nitrogens with zero attached hydrogens (tertiary/aromatic N) is 1. The molecule has 0 bridgehead atoms. The molecule has 1 aliphatic rings. The molecule has 6 heteroatoms. The van der Waals surface area contributed by atoms with E-state index in [4.69, 9.17) is 11.6 Å². The number of carboxylic acids is 1. The molecule has 4 nitrogen and oxygen atoms in total. The molecule has 1 amide bonds. The van der Waals surface area contributed by atoms with E-state index in [1.54, 1.807) is 6.92 Å². The van der Waals surface area contributed by atoms with Crippen LogP contribution >= 0.6 is 11.6 Å². The summed E-state index contributed by atoms with van der Waals surface area (Å²) >= 11 is 5.80. The quantitative estimate of drug-likeness (QED) is 0.913. The summed E-state index contributed by atoms with van der Waals surface area (Å²) in [4.78, 5) is 25.1. The molecule has 20 heavy (non-hydrogen) atoms. The molecule has 1 N–H and O–H groups in total. The Bertz CT molecular complexity index is 563. The van der Waals surface area contributed by atoms with Crippen molar-refractivity contribution >= 4 is 23.5 Å². The number of carboxylic acid groups (broad SMARTS) is 1. The summed E-state index contributed by atoms with van der Waals surface area (Å²) in [6.45, 7) is 2.17. The van der Waals surface area contributed by atoms with Crippen LogP contribution in [0.3, 0.4) is 0 Å². The van der Waals surface area contributed by atoms with Crippen molar-refractivity contribution < 1.29 is 19.1 Å². The molecule has 0 aromatic heterocycles. The van der Waals surface area contributed by atoms with Gasteiger partial charge in [-0.05, 0) is 31.9 Å². The third-order valence-electron chi connectivity index (χ3n) is 3.68. The van der Waals surface area contributed by atoms with E-state index >= 15 is 0 Å². The highest BCUT2D eigenvalue weighted by atomic mass is 35.5. The predicted molar refractivity (Wildman–Crippen MR) is 72.3 cm³/mol. The Kier molecular flexibility index (Phi) is 3.99. The molecule has 0 saturated carbocycles. The molecule has 1 saturated heterocycles. The van der Waals surface area contributed by atoms with Gasteiger partial charge in [-0.15, -0.1) is 0 Å². The highest BCUT2D eigenvalue weighted by Gasteiger charge is 2.39. The zero-order valence-electron chi connectivity index (χ0n) is 11.0. The number of amides is 1. The van der Waals surface area contributed by atoms with E-state index < -0.39 is 23.1 Å². The SMILES string of the molecule is CC1(C(=O)O)CCCN(C(=O)c2cccc(F)c2Cl)C1. The van der Waals surface area contributed by atoms with Gasteiger partial charge in [-0.3, -0.25) is 9.59 Å². The van der Waals surface area contributed by atoms with E-state index in [1.807, 2.05) is 0 Å². The van der Waals surface area contributed by atoms with Crippen LogP contribution < -0.4 is 0 Å². The van der Waals surface area contributed by atoms with Crippen molar-refractivity contribution in [1.82, 2.24) is 4.90 Å². The fraction of sp³-hybridized carbons (Fsp3) is 0.429. The van der Waals surface area contributed by atoms with E-state index in [1.165, 1.54) is 23.1 Å². The maximum Gasteiger partial charge on any atom is 0.311 e. The molecular weight excluding hydrogens is 285 g/mol. The Morgan fingerprint density at radius 2 is 2.15 bits per heavy atom. The highest BCUT2D eigenvalue weighted by Crippen LogP contribution is 2.31. The van der Waals surface area contributed by atoms with E-state index in [0.29, 0.717) is 19.4 Å². The fourth-order valence-corrected chi connectivity index (χ4v) is 2.63. The number of carbonyl (C=O) groups excluding carboxylic acids is 1. The van der Waals surface area contributed by atoms with Gasteiger partial charge in [0.2, 0.25) is 0 Å². The molecule has 1 atom stereocenters. The number of aliphatic carboxylic acids is 1. The van der Waals surface area contributed by atoms with Gasteiger partial charge in [0.1, 0.15) is 5.82 Å². The molecule has 1 aromatic carbocycles. The van der Waals surface area contributed by atoms with Gasteiger partial charge in [-0.1, -0.05) is 17.7 Å². The van der Waals surface area contributed by atoms with Crippen LogP contribution in [0, 0.1) is 11.2 Å². The second-order valence-corrected chi connectivity index (χ2v) is 5.68. The standard InChI is InChI=1S/C14H15ClFNO3/c1-14(13(19)20)6-3-7-17(8-14)12(18)9-4-2-5-10(16)11(9)15/h2,4-5H,3,6-8H2,1H3,(H,19,20). The summed E-state index contributed by atoms with van der Waals surface area (Å²) in [5.41, 5.74) is -0.894. The van der Waals surface area contributed by atoms with Gasteiger partial charge in [-0.25, -0.2) is 4.39 Å². The second-order valence-electron chi connectivity index (χ2n) is 5.30. The van der Waals surface area contributed by atoms with Crippen molar-refractivity contribution in [3.05, 3.63) is 34.6 Å². The van der Waals surface area contributed by atoms with E-state index in [9.17, 15) is 19.1 Å². The number of likely N-dealkylation sites (tertiary alicyclic amines) is 1. The van der Waals surface area contributed by atoms with Crippen LogP contribution in [-0.4, -0.2) is 35.0 Å². The van der Waals surface area contributed by atoms with Gasteiger partial charge in [-0.2, -0.15) is 0 Å². The zero-order chi connectivity index (χ0) is 14.9. The van der Waals surface area contributed by atoms with Gasteiger partial charge in [0.25, 0.3) is 5.91 Å². The van der Waals surface area contributed by atoms with Gasteiger partial charge >= 0.3 is 5.97 Å². The highest BCUT2D eigenvalue weighted by molar-refractivity contribution is 6.34.